The number of nitrogens with zero attached hydrogens (tertiary/aromatic N) is 5. The number of aromatic nitrogens is 3. The van der Waals surface area contributed by atoms with Crippen LogP contribution in [0.25, 0.3) is 0 Å². The summed E-state index contributed by atoms with van der Waals surface area (Å²) in [5.41, 5.74) is 1.79. The van der Waals surface area contributed by atoms with Crippen LogP contribution in [0.3, 0.4) is 0 Å². The highest BCUT2D eigenvalue weighted by molar-refractivity contribution is 7.05. The summed E-state index contributed by atoms with van der Waals surface area (Å²) >= 11 is 1.34. The molecular weight excluding hydrogens is 326 g/mol. The third-order valence-electron chi connectivity index (χ3n) is 4.15. The van der Waals surface area contributed by atoms with Gasteiger partial charge in [0.1, 0.15) is 6.04 Å². The van der Waals surface area contributed by atoms with Gasteiger partial charge in [-0.15, -0.1) is 5.10 Å². The quantitative estimate of drug-likeness (QED) is 0.811. The number of carbonyl (C=O) groups excluding carboxylic acids is 1. The van der Waals surface area contributed by atoms with Crippen molar-refractivity contribution in [2.45, 2.75) is 19.5 Å². The lowest BCUT2D eigenvalue weighted by Gasteiger charge is -2.35. The fraction of sp³-hybridized carbons (Fsp3) is 0.500. The van der Waals surface area contributed by atoms with Crippen molar-refractivity contribution < 1.29 is 9.53 Å². The largest absolute Gasteiger partial charge is 0.379 e. The maximum absolute atomic E-state index is 13.2. The van der Waals surface area contributed by atoms with E-state index in [1.807, 2.05) is 26.1 Å². The summed E-state index contributed by atoms with van der Waals surface area (Å²) in [6.45, 7) is 5.19. The zero-order valence-corrected chi connectivity index (χ0v) is 14.7. The summed E-state index contributed by atoms with van der Waals surface area (Å²) < 4.78 is 9.37. The highest BCUT2D eigenvalue weighted by atomic mass is 32.1. The normalized spacial score (nSPS) is 16.8. The van der Waals surface area contributed by atoms with Gasteiger partial charge in [-0.2, -0.15) is 0 Å². The molecule has 1 unspecified atom stereocenters. The molecule has 1 aliphatic heterocycles. The number of rotatable bonds is 5. The van der Waals surface area contributed by atoms with E-state index in [9.17, 15) is 4.79 Å². The Bertz CT molecular complexity index is 672. The highest BCUT2D eigenvalue weighted by Gasteiger charge is 2.31. The van der Waals surface area contributed by atoms with Gasteiger partial charge in [-0.05, 0) is 30.1 Å². The number of carbonyl (C=O) groups is 1. The Morgan fingerprint density at radius 2 is 2.25 bits per heavy atom. The van der Waals surface area contributed by atoms with E-state index in [4.69, 9.17) is 4.74 Å². The zero-order chi connectivity index (χ0) is 16.9. The predicted octanol–water partition coefficient (Wildman–Crippen LogP) is 1.27. The third kappa shape index (κ3) is 3.77. The Kier molecular flexibility index (Phi) is 5.49. The van der Waals surface area contributed by atoms with Crippen molar-refractivity contribution in [3.05, 3.63) is 40.7 Å². The van der Waals surface area contributed by atoms with Crippen LogP contribution in [0.5, 0.6) is 0 Å². The minimum Gasteiger partial charge on any atom is -0.379 e. The maximum atomic E-state index is 13.2. The molecule has 0 radical (unpaired) electrons. The molecule has 8 heteroatoms. The van der Waals surface area contributed by atoms with Crippen LogP contribution < -0.4 is 0 Å². The van der Waals surface area contributed by atoms with E-state index >= 15 is 0 Å². The molecule has 2 aromatic heterocycles. The first kappa shape index (κ1) is 16.9. The molecule has 0 aromatic carbocycles. The first-order valence-electron chi connectivity index (χ1n) is 7.91. The van der Waals surface area contributed by atoms with Crippen molar-refractivity contribution in [1.29, 1.82) is 0 Å². The highest BCUT2D eigenvalue weighted by Crippen LogP contribution is 2.24. The van der Waals surface area contributed by atoms with Gasteiger partial charge in [-0.25, -0.2) is 0 Å². The van der Waals surface area contributed by atoms with Gasteiger partial charge in [0.2, 0.25) is 5.91 Å². The Hall–Kier alpha value is -1.90. The van der Waals surface area contributed by atoms with Crippen molar-refractivity contribution in [2.24, 2.45) is 0 Å². The second kappa shape index (κ2) is 7.78. The molecule has 0 saturated carbocycles. The third-order valence-corrected chi connectivity index (χ3v) is 4.96. The molecule has 2 aromatic rings. The van der Waals surface area contributed by atoms with E-state index in [0.29, 0.717) is 19.8 Å². The average Bonchev–Trinajstić information content (AvgIpc) is 3.02. The number of amides is 1. The number of hydrogen-bond donors (Lipinski definition) is 0. The molecule has 7 nitrogen and oxygen atoms in total. The van der Waals surface area contributed by atoms with Gasteiger partial charge in [0.15, 0.2) is 0 Å². The molecule has 1 fully saturated rings. The van der Waals surface area contributed by atoms with Gasteiger partial charge < -0.3 is 9.64 Å². The molecular formula is C16H21N5O2S. The molecule has 24 heavy (non-hydrogen) atoms. The van der Waals surface area contributed by atoms with Crippen LogP contribution in [0, 0.1) is 6.92 Å². The summed E-state index contributed by atoms with van der Waals surface area (Å²) in [7, 11) is 1.82. The second-order valence-electron chi connectivity index (χ2n) is 5.81. The van der Waals surface area contributed by atoms with E-state index in [0.717, 1.165) is 29.2 Å². The number of pyridine rings is 1. The minimum atomic E-state index is -0.339. The van der Waals surface area contributed by atoms with E-state index < -0.39 is 0 Å². The lowest BCUT2D eigenvalue weighted by Crippen LogP contribution is -2.46. The predicted molar refractivity (Wildman–Crippen MR) is 90.5 cm³/mol. The summed E-state index contributed by atoms with van der Waals surface area (Å²) in [5, 5.41) is 4.02. The number of ether oxygens (including phenoxy) is 1. The van der Waals surface area contributed by atoms with Crippen molar-refractivity contribution in [3.63, 3.8) is 0 Å². The molecule has 1 aliphatic rings. The fourth-order valence-corrected chi connectivity index (χ4v) is 3.47. The van der Waals surface area contributed by atoms with E-state index in [1.165, 1.54) is 11.5 Å². The fourth-order valence-electron chi connectivity index (χ4n) is 2.78. The maximum Gasteiger partial charge on any atom is 0.244 e. The van der Waals surface area contributed by atoms with E-state index in [2.05, 4.69) is 19.5 Å². The van der Waals surface area contributed by atoms with Gasteiger partial charge in [-0.1, -0.05) is 10.6 Å². The first-order chi connectivity index (χ1) is 11.7. The molecule has 128 valence electrons. The van der Waals surface area contributed by atoms with Crippen LogP contribution in [0.1, 0.15) is 22.2 Å². The first-order valence-corrected chi connectivity index (χ1v) is 8.68. The van der Waals surface area contributed by atoms with Crippen LogP contribution >= 0.6 is 11.5 Å². The summed E-state index contributed by atoms with van der Waals surface area (Å²) in [5.74, 6) is 0.0534. The molecule has 1 amide bonds. The van der Waals surface area contributed by atoms with Crippen LogP contribution in [-0.4, -0.2) is 63.6 Å². The number of aryl methyl sites for hydroxylation is 1. The summed E-state index contributed by atoms with van der Waals surface area (Å²) in [6.07, 6.45) is 3.49. The van der Waals surface area contributed by atoms with E-state index in [1.54, 1.807) is 17.3 Å². The monoisotopic (exact) mass is 347 g/mol. The number of morpholine rings is 1. The van der Waals surface area contributed by atoms with Gasteiger partial charge >= 0.3 is 0 Å². The number of likely N-dealkylation sites (N-methyl/N-ethyl adjacent to an activating group) is 1. The molecule has 1 atom stereocenters. The molecule has 0 bridgehead atoms. The van der Waals surface area contributed by atoms with Gasteiger partial charge in [0.05, 0.1) is 30.3 Å². The Balaban J connectivity index is 1.81. The summed E-state index contributed by atoms with van der Waals surface area (Å²) in [6, 6.07) is 3.49. The molecule has 3 heterocycles. The van der Waals surface area contributed by atoms with Crippen LogP contribution in [0.2, 0.25) is 0 Å². The van der Waals surface area contributed by atoms with Crippen LogP contribution in [0.15, 0.2) is 24.5 Å². The Labute approximate surface area is 145 Å². The van der Waals surface area contributed by atoms with Crippen molar-refractivity contribution in [3.8, 4) is 0 Å². The number of hydrogen-bond acceptors (Lipinski definition) is 7. The standard InChI is InChI=1S/C16H21N5O2S/c1-12-14(24-19-18-12)11-20(2)16(22)15(13-4-3-5-17-10-13)21-6-8-23-9-7-21/h3-5,10,15H,6-9,11H2,1-2H3. The van der Waals surface area contributed by atoms with Crippen LogP contribution in [0.4, 0.5) is 0 Å². The smallest absolute Gasteiger partial charge is 0.244 e. The van der Waals surface area contributed by atoms with Gasteiger partial charge in [-0.3, -0.25) is 14.7 Å². The molecule has 0 aliphatic carbocycles. The zero-order valence-electron chi connectivity index (χ0n) is 13.9. The SMILES string of the molecule is Cc1nnsc1CN(C)C(=O)C(c1cccnc1)N1CCOCC1. The average molecular weight is 347 g/mol. The van der Waals surface area contributed by atoms with Crippen molar-refractivity contribution in [2.75, 3.05) is 33.4 Å². The van der Waals surface area contributed by atoms with Gasteiger partial charge in [0.25, 0.3) is 0 Å². The molecule has 0 spiro atoms. The molecule has 0 N–H and O–H groups in total. The topological polar surface area (TPSA) is 71.5 Å². The minimum absolute atomic E-state index is 0.0534. The van der Waals surface area contributed by atoms with Crippen molar-refractivity contribution >= 4 is 17.4 Å². The summed E-state index contributed by atoms with van der Waals surface area (Å²) in [4.78, 5) is 22.3. The Morgan fingerprint density at radius 3 is 2.88 bits per heavy atom. The van der Waals surface area contributed by atoms with Crippen LogP contribution in [-0.2, 0) is 16.1 Å². The second-order valence-corrected chi connectivity index (χ2v) is 6.65. The lowest BCUT2D eigenvalue weighted by atomic mass is 10.1. The molecule has 3 rings (SSSR count). The van der Waals surface area contributed by atoms with Gasteiger partial charge in [0, 0.05) is 32.5 Å². The van der Waals surface area contributed by atoms with Crippen molar-refractivity contribution in [1.82, 2.24) is 24.4 Å². The van der Waals surface area contributed by atoms with E-state index in [-0.39, 0.29) is 11.9 Å². The Morgan fingerprint density at radius 1 is 1.46 bits per heavy atom. The lowest BCUT2D eigenvalue weighted by molar-refractivity contribution is -0.138. The molecule has 1 saturated heterocycles.